The molecule has 48 heavy (non-hydrogen) atoms. The Morgan fingerprint density at radius 2 is 0.771 bits per heavy atom. The van der Waals surface area contributed by atoms with Gasteiger partial charge in [-0.3, -0.25) is 0 Å². The summed E-state index contributed by atoms with van der Waals surface area (Å²) in [5.41, 5.74) is 11.7. The highest BCUT2D eigenvalue weighted by Crippen LogP contribution is 2.65. The van der Waals surface area contributed by atoms with E-state index in [0.29, 0.717) is 0 Å². The third kappa shape index (κ3) is 3.89. The topological polar surface area (TPSA) is 17.1 Å². The van der Waals surface area contributed by atoms with Crippen LogP contribution >= 0.6 is 7.14 Å². The maximum Gasteiger partial charge on any atom is 0.171 e. The van der Waals surface area contributed by atoms with Crippen LogP contribution in [-0.4, -0.2) is 0 Å². The Morgan fingerprint density at radius 1 is 0.396 bits per heavy atom. The van der Waals surface area contributed by atoms with Gasteiger partial charge in [0.05, 0.1) is 5.41 Å². The summed E-state index contributed by atoms with van der Waals surface area (Å²) in [7, 11) is -3.27. The van der Waals surface area contributed by atoms with E-state index in [4.69, 9.17) is 0 Å². The van der Waals surface area contributed by atoms with E-state index in [0.717, 1.165) is 15.9 Å². The first-order valence-corrected chi connectivity index (χ1v) is 18.4. The lowest BCUT2D eigenvalue weighted by molar-refractivity contribution is 0.592. The van der Waals surface area contributed by atoms with E-state index in [1.54, 1.807) is 0 Å². The van der Waals surface area contributed by atoms with Crippen LogP contribution in [0.4, 0.5) is 0 Å². The summed E-state index contributed by atoms with van der Waals surface area (Å²) in [6.45, 7) is 4.69. The van der Waals surface area contributed by atoms with E-state index in [2.05, 4.69) is 129 Å². The average Bonchev–Trinajstić information content (AvgIpc) is 3.58. The lowest BCUT2D eigenvalue weighted by Gasteiger charge is -2.37. The first-order valence-electron chi connectivity index (χ1n) is 16.7. The van der Waals surface area contributed by atoms with Crippen LogP contribution in [0.3, 0.4) is 0 Å². The van der Waals surface area contributed by atoms with Crippen molar-refractivity contribution < 1.29 is 4.57 Å². The van der Waals surface area contributed by atoms with Crippen molar-refractivity contribution in [1.82, 2.24) is 0 Å². The highest BCUT2D eigenvalue weighted by Gasteiger charge is 2.54. The third-order valence-corrected chi connectivity index (χ3v) is 13.8. The predicted molar refractivity (Wildman–Crippen MR) is 201 cm³/mol. The van der Waals surface area contributed by atoms with Gasteiger partial charge in [0.15, 0.2) is 7.14 Å². The smallest absolute Gasteiger partial charge is 0.171 e. The molecule has 0 unspecified atom stereocenters. The molecule has 0 saturated carbocycles. The molecule has 0 aromatic heterocycles. The molecule has 0 heterocycles. The van der Waals surface area contributed by atoms with Crippen molar-refractivity contribution in [3.8, 4) is 22.3 Å². The molecule has 2 aliphatic rings. The van der Waals surface area contributed by atoms with E-state index < -0.39 is 12.6 Å². The van der Waals surface area contributed by atoms with Crippen molar-refractivity contribution in [2.45, 2.75) is 24.7 Å². The van der Waals surface area contributed by atoms with Gasteiger partial charge in [0, 0.05) is 21.3 Å². The van der Waals surface area contributed by atoms with Gasteiger partial charge in [-0.25, -0.2) is 0 Å². The second-order valence-electron chi connectivity index (χ2n) is 13.6. The molecule has 0 radical (unpaired) electrons. The van der Waals surface area contributed by atoms with Gasteiger partial charge in [-0.05, 0) is 79.9 Å². The second-order valence-corrected chi connectivity index (χ2v) is 16.4. The first kappa shape index (κ1) is 29.0. The fourth-order valence-corrected chi connectivity index (χ4v) is 11.2. The first-order chi connectivity index (χ1) is 23.4. The van der Waals surface area contributed by atoms with Crippen molar-refractivity contribution in [2.75, 3.05) is 0 Å². The quantitative estimate of drug-likeness (QED) is 0.166. The Morgan fingerprint density at radius 3 is 1.27 bits per heavy atom. The molecule has 2 heteroatoms. The van der Waals surface area contributed by atoms with Crippen LogP contribution in [0, 0.1) is 0 Å². The summed E-state index contributed by atoms with van der Waals surface area (Å²) < 4.78 is 16.0. The Balaban J connectivity index is 1.46. The predicted octanol–water partition coefficient (Wildman–Crippen LogP) is 10.00. The molecular weight excluding hydrogens is 599 g/mol. The maximum atomic E-state index is 16.0. The monoisotopic (exact) mass is 634 g/mol. The number of benzene rings is 7. The molecule has 0 amide bonds. The van der Waals surface area contributed by atoms with E-state index in [1.165, 1.54) is 55.6 Å². The minimum atomic E-state index is -3.27. The minimum Gasteiger partial charge on any atom is -0.309 e. The number of hydrogen-bond acceptors (Lipinski definition) is 1. The lowest BCUT2D eigenvalue weighted by Crippen LogP contribution is -2.33. The van der Waals surface area contributed by atoms with E-state index in [1.807, 2.05) is 60.7 Å². The largest absolute Gasteiger partial charge is 0.309 e. The van der Waals surface area contributed by atoms with Gasteiger partial charge < -0.3 is 4.57 Å². The highest BCUT2D eigenvalue weighted by molar-refractivity contribution is 7.85. The molecule has 0 spiro atoms. The summed E-state index contributed by atoms with van der Waals surface area (Å²) >= 11 is 0. The van der Waals surface area contributed by atoms with Crippen LogP contribution in [-0.2, 0) is 15.4 Å². The van der Waals surface area contributed by atoms with Crippen LogP contribution in [0.1, 0.15) is 47.2 Å². The minimum absolute atomic E-state index is 0.299. The lowest BCUT2D eigenvalue weighted by atomic mass is 9.65. The Kier molecular flexibility index (Phi) is 6.42. The molecule has 0 atom stereocenters. The Bertz CT molecular complexity index is 2280. The van der Waals surface area contributed by atoms with Gasteiger partial charge in [-0.2, -0.15) is 0 Å². The SMILES string of the molecule is CC1(C)c2cc(-c3ccccc3)cc3c2-c2c1cc(P(=O)(c1ccccc1)c1ccccc1)cc2C3(c1ccccc1)c1ccccc1. The van der Waals surface area contributed by atoms with E-state index in [-0.39, 0.29) is 5.41 Å². The number of rotatable bonds is 6. The van der Waals surface area contributed by atoms with Gasteiger partial charge in [0.2, 0.25) is 0 Å². The van der Waals surface area contributed by atoms with Crippen molar-refractivity contribution in [3.05, 3.63) is 209 Å². The Hall–Kier alpha value is -5.23. The molecule has 0 bridgehead atoms. The standard InChI is InChI=1S/C46H35OP/c1-45(2)39-28-33(32-18-8-3-9-19-32)29-41-43(39)44-40(45)30-38(48(47,36-24-14-6-15-25-36)37-26-16-7-17-27-37)31-42(44)46(41,34-20-10-4-11-21-34)35-22-12-5-13-23-35/h3-31H,1-2H3. The maximum absolute atomic E-state index is 16.0. The van der Waals surface area contributed by atoms with Crippen LogP contribution < -0.4 is 15.9 Å². The normalized spacial score (nSPS) is 14.9. The molecule has 0 saturated heterocycles. The van der Waals surface area contributed by atoms with E-state index >= 15 is 4.57 Å². The molecule has 0 aliphatic heterocycles. The van der Waals surface area contributed by atoms with Gasteiger partial charge in [0.25, 0.3) is 0 Å². The Labute approximate surface area is 283 Å². The van der Waals surface area contributed by atoms with Crippen molar-refractivity contribution in [1.29, 1.82) is 0 Å². The van der Waals surface area contributed by atoms with Crippen LogP contribution in [0.2, 0.25) is 0 Å². The summed E-state index contributed by atoms with van der Waals surface area (Å²) in [6, 6.07) is 62.3. The zero-order valence-corrected chi connectivity index (χ0v) is 28.0. The summed E-state index contributed by atoms with van der Waals surface area (Å²) in [4.78, 5) is 0. The molecule has 0 fully saturated rings. The fourth-order valence-electron chi connectivity index (χ4n) is 8.54. The van der Waals surface area contributed by atoms with Crippen molar-refractivity contribution in [2.24, 2.45) is 0 Å². The van der Waals surface area contributed by atoms with Crippen LogP contribution in [0.25, 0.3) is 22.3 Å². The van der Waals surface area contributed by atoms with Gasteiger partial charge in [-0.15, -0.1) is 0 Å². The van der Waals surface area contributed by atoms with Gasteiger partial charge in [-0.1, -0.05) is 166 Å². The zero-order chi connectivity index (χ0) is 32.5. The molecule has 1 nitrogen and oxygen atoms in total. The summed E-state index contributed by atoms with van der Waals surface area (Å²) in [5, 5.41) is 2.59. The van der Waals surface area contributed by atoms with E-state index in [9.17, 15) is 0 Å². The van der Waals surface area contributed by atoms with Crippen molar-refractivity contribution >= 4 is 23.1 Å². The molecule has 7 aromatic rings. The van der Waals surface area contributed by atoms with Crippen molar-refractivity contribution in [3.63, 3.8) is 0 Å². The fraction of sp³-hybridized carbons (Fsp3) is 0.0870. The number of hydrogen-bond donors (Lipinski definition) is 0. The molecule has 0 N–H and O–H groups in total. The third-order valence-electron chi connectivity index (χ3n) is 10.8. The molecule has 9 rings (SSSR count). The molecule has 230 valence electrons. The van der Waals surface area contributed by atoms with Crippen LogP contribution in [0.15, 0.2) is 176 Å². The summed E-state index contributed by atoms with van der Waals surface area (Å²) in [5.74, 6) is 0. The molecular formula is C46H35OP. The second kappa shape index (κ2) is 10.6. The van der Waals surface area contributed by atoms with Gasteiger partial charge in [0.1, 0.15) is 0 Å². The highest BCUT2D eigenvalue weighted by atomic mass is 31.2. The molecule has 7 aromatic carbocycles. The molecule has 2 aliphatic carbocycles. The summed E-state index contributed by atoms with van der Waals surface area (Å²) in [6.07, 6.45) is 0. The van der Waals surface area contributed by atoms with Gasteiger partial charge >= 0.3 is 0 Å². The average molecular weight is 635 g/mol. The zero-order valence-electron chi connectivity index (χ0n) is 27.1. The van der Waals surface area contributed by atoms with Crippen LogP contribution in [0.5, 0.6) is 0 Å².